The van der Waals surface area contributed by atoms with Gasteiger partial charge >= 0.3 is 0 Å². The molecule has 0 saturated heterocycles. The van der Waals surface area contributed by atoms with E-state index < -0.39 is 11.6 Å². The highest BCUT2D eigenvalue weighted by atomic mass is 19.2. The molecule has 0 saturated carbocycles. The van der Waals surface area contributed by atoms with Gasteiger partial charge in [0.05, 0.1) is 5.69 Å². The number of halogens is 2. The zero-order valence-corrected chi connectivity index (χ0v) is 11.4. The molecule has 0 aromatic heterocycles. The predicted octanol–water partition coefficient (Wildman–Crippen LogP) is 3.45. The van der Waals surface area contributed by atoms with Crippen molar-refractivity contribution in [3.63, 3.8) is 0 Å². The fourth-order valence-corrected chi connectivity index (χ4v) is 2.15. The van der Waals surface area contributed by atoms with E-state index in [0.717, 1.165) is 5.56 Å². The number of anilines is 1. The van der Waals surface area contributed by atoms with E-state index in [1.807, 2.05) is 37.3 Å². The van der Waals surface area contributed by atoms with Gasteiger partial charge in [-0.25, -0.2) is 8.78 Å². The second kappa shape index (κ2) is 6.48. The molecule has 20 heavy (non-hydrogen) atoms. The zero-order valence-electron chi connectivity index (χ0n) is 11.4. The highest BCUT2D eigenvalue weighted by molar-refractivity contribution is 5.50. The van der Waals surface area contributed by atoms with Crippen molar-refractivity contribution in [1.82, 2.24) is 0 Å². The number of benzene rings is 2. The Hall–Kier alpha value is -1.94. The average molecular weight is 276 g/mol. The van der Waals surface area contributed by atoms with Crippen molar-refractivity contribution in [1.29, 1.82) is 0 Å². The molecule has 2 nitrogen and oxygen atoms in total. The first kappa shape index (κ1) is 14.5. The Kier molecular flexibility index (Phi) is 4.69. The van der Waals surface area contributed by atoms with Gasteiger partial charge in [-0.05, 0) is 18.6 Å². The molecule has 0 unspecified atom stereocenters. The molecule has 0 fully saturated rings. The zero-order chi connectivity index (χ0) is 14.5. The number of hydrogen-bond acceptors (Lipinski definition) is 2. The molecule has 2 aromatic rings. The van der Waals surface area contributed by atoms with Crippen molar-refractivity contribution in [2.75, 3.05) is 11.4 Å². The van der Waals surface area contributed by atoms with Crippen LogP contribution in [0, 0.1) is 11.6 Å². The highest BCUT2D eigenvalue weighted by Crippen LogP contribution is 2.25. The SMILES string of the molecule is CCN(Cc1ccccc1)c1ccc(CN)c(F)c1F. The van der Waals surface area contributed by atoms with Crippen LogP contribution in [0.1, 0.15) is 18.1 Å². The van der Waals surface area contributed by atoms with E-state index >= 15 is 0 Å². The van der Waals surface area contributed by atoms with Crippen LogP contribution in [0.4, 0.5) is 14.5 Å². The molecule has 2 N–H and O–H groups in total. The Bertz CT molecular complexity index is 570. The van der Waals surface area contributed by atoms with Crippen LogP contribution < -0.4 is 10.6 Å². The average Bonchev–Trinajstić information content (AvgIpc) is 2.49. The number of rotatable bonds is 5. The smallest absolute Gasteiger partial charge is 0.182 e. The Morgan fingerprint density at radius 3 is 2.30 bits per heavy atom. The van der Waals surface area contributed by atoms with Crippen LogP contribution in [0.2, 0.25) is 0 Å². The molecule has 0 spiro atoms. The normalized spacial score (nSPS) is 10.6. The number of hydrogen-bond donors (Lipinski definition) is 1. The molecule has 0 radical (unpaired) electrons. The molecule has 106 valence electrons. The summed E-state index contributed by atoms with van der Waals surface area (Å²) in [5.74, 6) is -1.68. The molecule has 2 aromatic carbocycles. The molecule has 4 heteroatoms. The van der Waals surface area contributed by atoms with Gasteiger partial charge in [-0.2, -0.15) is 0 Å². The minimum absolute atomic E-state index is 0.00611. The molecule has 0 aliphatic rings. The maximum Gasteiger partial charge on any atom is 0.182 e. The van der Waals surface area contributed by atoms with E-state index in [4.69, 9.17) is 5.73 Å². The Morgan fingerprint density at radius 2 is 1.70 bits per heavy atom. The van der Waals surface area contributed by atoms with E-state index in [9.17, 15) is 8.78 Å². The van der Waals surface area contributed by atoms with Gasteiger partial charge in [-0.15, -0.1) is 0 Å². The van der Waals surface area contributed by atoms with Crippen LogP contribution in [0.3, 0.4) is 0 Å². The Labute approximate surface area is 117 Å². The summed E-state index contributed by atoms with van der Waals surface area (Å²) in [6.07, 6.45) is 0. The van der Waals surface area contributed by atoms with Gasteiger partial charge in [0.1, 0.15) is 0 Å². The first-order valence-corrected chi connectivity index (χ1v) is 6.63. The third-order valence-electron chi connectivity index (χ3n) is 3.30. The fraction of sp³-hybridized carbons (Fsp3) is 0.250. The van der Waals surface area contributed by atoms with E-state index in [2.05, 4.69) is 0 Å². The summed E-state index contributed by atoms with van der Waals surface area (Å²) >= 11 is 0. The summed E-state index contributed by atoms with van der Waals surface area (Å²) in [4.78, 5) is 1.80. The summed E-state index contributed by atoms with van der Waals surface area (Å²) in [6, 6.07) is 12.8. The molecule has 0 aliphatic carbocycles. The third kappa shape index (κ3) is 2.96. The van der Waals surface area contributed by atoms with Crippen molar-refractivity contribution in [3.8, 4) is 0 Å². The largest absolute Gasteiger partial charge is 0.365 e. The van der Waals surface area contributed by atoms with Crippen molar-refractivity contribution >= 4 is 5.69 Å². The maximum absolute atomic E-state index is 14.1. The van der Waals surface area contributed by atoms with Crippen LogP contribution in [-0.4, -0.2) is 6.54 Å². The number of nitrogens with zero attached hydrogens (tertiary/aromatic N) is 1. The lowest BCUT2D eigenvalue weighted by atomic mass is 10.1. The van der Waals surface area contributed by atoms with Crippen LogP contribution >= 0.6 is 0 Å². The van der Waals surface area contributed by atoms with Crippen LogP contribution in [-0.2, 0) is 13.1 Å². The topological polar surface area (TPSA) is 29.3 Å². The van der Waals surface area contributed by atoms with Gasteiger partial charge in [0.25, 0.3) is 0 Å². The van der Waals surface area contributed by atoms with E-state index in [1.54, 1.807) is 17.0 Å². The first-order chi connectivity index (χ1) is 9.67. The van der Waals surface area contributed by atoms with Crippen LogP contribution in [0.25, 0.3) is 0 Å². The highest BCUT2D eigenvalue weighted by Gasteiger charge is 2.16. The fourth-order valence-electron chi connectivity index (χ4n) is 2.15. The molecular weight excluding hydrogens is 258 g/mol. The third-order valence-corrected chi connectivity index (χ3v) is 3.30. The Morgan fingerprint density at radius 1 is 1.00 bits per heavy atom. The minimum atomic E-state index is -0.850. The van der Waals surface area contributed by atoms with Gasteiger partial charge < -0.3 is 10.6 Å². The van der Waals surface area contributed by atoms with Crippen molar-refractivity contribution in [2.45, 2.75) is 20.0 Å². The molecule has 0 aliphatic heterocycles. The molecular formula is C16H18F2N2. The van der Waals surface area contributed by atoms with Gasteiger partial charge in [0.15, 0.2) is 11.6 Å². The van der Waals surface area contributed by atoms with E-state index in [-0.39, 0.29) is 17.8 Å². The van der Waals surface area contributed by atoms with Gasteiger partial charge in [0, 0.05) is 25.2 Å². The maximum atomic E-state index is 14.1. The summed E-state index contributed by atoms with van der Waals surface area (Å²) in [6.45, 7) is 3.04. The molecule has 0 amide bonds. The lowest BCUT2D eigenvalue weighted by Crippen LogP contribution is -2.23. The number of nitrogens with two attached hydrogens (primary N) is 1. The first-order valence-electron chi connectivity index (χ1n) is 6.63. The molecule has 0 atom stereocenters. The summed E-state index contributed by atoms with van der Waals surface area (Å²) in [5.41, 5.74) is 6.90. The van der Waals surface area contributed by atoms with Crippen molar-refractivity contribution < 1.29 is 8.78 Å². The minimum Gasteiger partial charge on any atom is -0.365 e. The predicted molar refractivity (Wildman–Crippen MR) is 77.4 cm³/mol. The summed E-state index contributed by atoms with van der Waals surface area (Å²) in [5, 5.41) is 0. The van der Waals surface area contributed by atoms with Crippen LogP contribution in [0.5, 0.6) is 0 Å². The second-order valence-corrected chi connectivity index (χ2v) is 4.58. The van der Waals surface area contributed by atoms with Crippen molar-refractivity contribution in [2.24, 2.45) is 5.73 Å². The van der Waals surface area contributed by atoms with E-state index in [0.29, 0.717) is 13.1 Å². The van der Waals surface area contributed by atoms with Gasteiger partial charge in [-0.1, -0.05) is 36.4 Å². The van der Waals surface area contributed by atoms with Gasteiger partial charge in [0.2, 0.25) is 0 Å². The standard InChI is InChI=1S/C16H18F2N2/c1-2-20(11-12-6-4-3-5-7-12)14-9-8-13(10-19)15(17)16(14)18/h3-9H,2,10-11,19H2,1H3. The lowest BCUT2D eigenvalue weighted by molar-refractivity contribution is 0.497. The quantitative estimate of drug-likeness (QED) is 0.906. The van der Waals surface area contributed by atoms with Crippen molar-refractivity contribution in [3.05, 3.63) is 65.2 Å². The molecule has 2 rings (SSSR count). The van der Waals surface area contributed by atoms with E-state index in [1.165, 1.54) is 0 Å². The monoisotopic (exact) mass is 276 g/mol. The Balaban J connectivity index is 2.30. The molecule has 0 heterocycles. The van der Waals surface area contributed by atoms with Gasteiger partial charge in [-0.3, -0.25) is 0 Å². The summed E-state index contributed by atoms with van der Waals surface area (Å²) < 4.78 is 27.9. The van der Waals surface area contributed by atoms with Crippen LogP contribution in [0.15, 0.2) is 42.5 Å². The molecule has 0 bridgehead atoms. The summed E-state index contributed by atoms with van der Waals surface area (Å²) in [7, 11) is 0. The lowest BCUT2D eigenvalue weighted by Gasteiger charge is -2.24. The second-order valence-electron chi connectivity index (χ2n) is 4.58.